The molecule has 0 amide bonds. The van der Waals surface area contributed by atoms with Crippen molar-refractivity contribution < 1.29 is 4.48 Å². The van der Waals surface area contributed by atoms with Crippen LogP contribution in [0.2, 0.25) is 0 Å². The Bertz CT molecular complexity index is 280. The van der Waals surface area contributed by atoms with Gasteiger partial charge in [-0.2, -0.15) is 0 Å². The maximum Gasteiger partial charge on any atom is 0.0786 e. The fraction of sp³-hybridized carbons (Fsp3) is 1.00. The molecule has 0 aromatic carbocycles. The number of likely N-dealkylation sites (tertiary alicyclic amines) is 1. The summed E-state index contributed by atoms with van der Waals surface area (Å²) in [6, 6.07) is 0. The summed E-state index contributed by atoms with van der Waals surface area (Å²) in [6.07, 6.45) is 29.5. The van der Waals surface area contributed by atoms with Crippen LogP contribution in [0.1, 0.15) is 135 Å². The van der Waals surface area contributed by atoms with Gasteiger partial charge in [0.2, 0.25) is 0 Å². The predicted molar refractivity (Wildman–Crippen MR) is 119 cm³/mol. The minimum absolute atomic E-state index is 1.37. The van der Waals surface area contributed by atoms with Gasteiger partial charge in [-0.3, -0.25) is 0 Å². The minimum atomic E-state index is 1.37. The van der Waals surface area contributed by atoms with Crippen LogP contribution in [0.3, 0.4) is 0 Å². The van der Waals surface area contributed by atoms with Crippen LogP contribution in [0.5, 0.6) is 0 Å². The van der Waals surface area contributed by atoms with Crippen LogP contribution in [0.15, 0.2) is 0 Å². The van der Waals surface area contributed by atoms with Gasteiger partial charge in [0.15, 0.2) is 0 Å². The molecule has 0 N–H and O–H groups in total. The highest BCUT2D eigenvalue weighted by atomic mass is 15.3. The molecule has 1 saturated heterocycles. The van der Waals surface area contributed by atoms with E-state index in [0.717, 1.165) is 0 Å². The molecule has 1 heteroatoms. The largest absolute Gasteiger partial charge is 0.326 e. The summed E-state index contributed by atoms with van der Waals surface area (Å²) in [6.45, 7) is 6.63. The summed E-state index contributed by atoms with van der Waals surface area (Å²) in [5.74, 6) is 0. The van der Waals surface area contributed by atoms with Crippen molar-refractivity contribution in [3.8, 4) is 0 Å². The molecule has 1 heterocycles. The van der Waals surface area contributed by atoms with Crippen LogP contribution >= 0.6 is 0 Å². The Labute approximate surface area is 166 Å². The first kappa shape index (κ1) is 24.0. The second kappa shape index (κ2) is 17.1. The number of hydrogen-bond donors (Lipinski definition) is 0. The average Bonchev–Trinajstić information content (AvgIpc) is 3.07. The van der Waals surface area contributed by atoms with Crippen molar-refractivity contribution in [2.45, 2.75) is 135 Å². The van der Waals surface area contributed by atoms with Gasteiger partial charge in [-0.1, -0.05) is 110 Å². The van der Waals surface area contributed by atoms with Crippen molar-refractivity contribution in [3.63, 3.8) is 0 Å². The van der Waals surface area contributed by atoms with Crippen molar-refractivity contribution in [1.82, 2.24) is 0 Å². The second-order valence-electron chi connectivity index (χ2n) is 9.51. The zero-order valence-electron chi connectivity index (χ0n) is 18.7. The van der Waals surface area contributed by atoms with Gasteiger partial charge >= 0.3 is 0 Å². The molecule has 0 radical (unpaired) electrons. The van der Waals surface area contributed by atoms with E-state index >= 15 is 0 Å². The molecule has 0 bridgehead atoms. The van der Waals surface area contributed by atoms with Gasteiger partial charge in [0.1, 0.15) is 0 Å². The minimum Gasteiger partial charge on any atom is -0.326 e. The number of unbranched alkanes of at least 4 members (excludes halogenated alkanes) is 17. The number of rotatable bonds is 19. The summed E-state index contributed by atoms with van der Waals surface area (Å²) in [7, 11) is 2.47. The smallest absolute Gasteiger partial charge is 0.0786 e. The first-order valence-corrected chi connectivity index (χ1v) is 12.6. The molecule has 0 atom stereocenters. The molecule has 0 aliphatic carbocycles. The third-order valence-corrected chi connectivity index (χ3v) is 6.70. The van der Waals surface area contributed by atoms with E-state index in [9.17, 15) is 0 Å². The van der Waals surface area contributed by atoms with Gasteiger partial charge in [-0.05, 0) is 12.8 Å². The molecule has 0 saturated carbocycles. The summed E-state index contributed by atoms with van der Waals surface area (Å²) < 4.78 is 1.37. The molecule has 26 heavy (non-hydrogen) atoms. The van der Waals surface area contributed by atoms with Crippen LogP contribution in [0, 0.1) is 0 Å². The molecule has 0 spiro atoms. The van der Waals surface area contributed by atoms with Gasteiger partial charge in [0.25, 0.3) is 0 Å². The molecule has 1 nitrogen and oxygen atoms in total. The maximum absolute atomic E-state index is 2.47. The molecule has 1 aliphatic rings. The Morgan fingerprint density at radius 3 is 1.12 bits per heavy atom. The lowest BCUT2D eigenvalue weighted by molar-refractivity contribution is -0.897. The summed E-state index contributed by atoms with van der Waals surface area (Å²) in [5.41, 5.74) is 0. The van der Waals surface area contributed by atoms with Crippen molar-refractivity contribution in [1.29, 1.82) is 0 Å². The quantitative estimate of drug-likeness (QED) is 0.159. The van der Waals surface area contributed by atoms with E-state index in [-0.39, 0.29) is 0 Å². The molecule has 1 fully saturated rings. The molecular formula is C25H52N+. The lowest BCUT2D eigenvalue weighted by Gasteiger charge is -2.29. The van der Waals surface area contributed by atoms with Gasteiger partial charge in [0.05, 0.1) is 26.7 Å². The van der Waals surface area contributed by atoms with Crippen LogP contribution in [-0.4, -0.2) is 31.2 Å². The van der Waals surface area contributed by atoms with Gasteiger partial charge in [-0.15, -0.1) is 0 Å². The van der Waals surface area contributed by atoms with Crippen molar-refractivity contribution in [2.75, 3.05) is 26.7 Å². The highest BCUT2D eigenvalue weighted by Gasteiger charge is 2.25. The van der Waals surface area contributed by atoms with Crippen molar-refractivity contribution in [2.24, 2.45) is 0 Å². The Balaban J connectivity index is 1.67. The number of hydrogen-bond acceptors (Lipinski definition) is 0. The van der Waals surface area contributed by atoms with Gasteiger partial charge in [0, 0.05) is 12.8 Å². The maximum atomic E-state index is 2.47. The molecule has 0 unspecified atom stereocenters. The highest BCUT2D eigenvalue weighted by molar-refractivity contribution is 4.53. The van der Waals surface area contributed by atoms with E-state index in [2.05, 4.69) is 14.0 Å². The highest BCUT2D eigenvalue weighted by Crippen LogP contribution is 2.18. The van der Waals surface area contributed by atoms with E-state index < -0.39 is 0 Å². The van der Waals surface area contributed by atoms with E-state index in [1.165, 1.54) is 153 Å². The molecule has 1 aliphatic heterocycles. The van der Waals surface area contributed by atoms with E-state index in [4.69, 9.17) is 0 Å². The standard InChI is InChI=1S/C25H52N/c1-3-4-5-6-7-8-9-10-11-12-13-14-15-16-17-18-19-20-23-26(2)24-21-22-25-26/h3-25H2,1-2H3/q+1. The first-order chi connectivity index (χ1) is 12.8. The Kier molecular flexibility index (Phi) is 15.8. The average molecular weight is 367 g/mol. The summed E-state index contributed by atoms with van der Waals surface area (Å²) in [5, 5.41) is 0. The fourth-order valence-electron chi connectivity index (χ4n) is 4.72. The Hall–Kier alpha value is -0.0400. The van der Waals surface area contributed by atoms with Crippen LogP contribution < -0.4 is 0 Å². The van der Waals surface area contributed by atoms with Crippen molar-refractivity contribution >= 4 is 0 Å². The molecule has 1 rings (SSSR count). The number of nitrogens with zero attached hydrogens (tertiary/aromatic N) is 1. The lowest BCUT2D eigenvalue weighted by atomic mass is 10.0. The monoisotopic (exact) mass is 366 g/mol. The summed E-state index contributed by atoms with van der Waals surface area (Å²) >= 11 is 0. The van der Waals surface area contributed by atoms with Gasteiger partial charge in [-0.25, -0.2) is 0 Å². The van der Waals surface area contributed by atoms with Crippen LogP contribution in [0.25, 0.3) is 0 Å². The van der Waals surface area contributed by atoms with E-state index in [0.29, 0.717) is 0 Å². The van der Waals surface area contributed by atoms with Gasteiger partial charge < -0.3 is 4.48 Å². The molecule has 0 aromatic rings. The zero-order valence-corrected chi connectivity index (χ0v) is 18.7. The van der Waals surface area contributed by atoms with Crippen LogP contribution in [-0.2, 0) is 0 Å². The first-order valence-electron chi connectivity index (χ1n) is 12.6. The Morgan fingerprint density at radius 2 is 0.769 bits per heavy atom. The normalized spacial score (nSPS) is 16.4. The SMILES string of the molecule is CCCCCCCCCCCCCCCCCCCC[N+]1(C)CCCC1. The molecule has 0 aromatic heterocycles. The fourth-order valence-corrected chi connectivity index (χ4v) is 4.72. The number of quaternary nitrogens is 1. The third-order valence-electron chi connectivity index (χ3n) is 6.70. The summed E-state index contributed by atoms with van der Waals surface area (Å²) in [4.78, 5) is 0. The van der Waals surface area contributed by atoms with Crippen molar-refractivity contribution in [3.05, 3.63) is 0 Å². The van der Waals surface area contributed by atoms with Crippen LogP contribution in [0.4, 0.5) is 0 Å². The lowest BCUT2D eigenvalue weighted by Crippen LogP contribution is -2.41. The molecule has 156 valence electrons. The van der Waals surface area contributed by atoms with E-state index in [1.807, 2.05) is 0 Å². The molecular weight excluding hydrogens is 314 g/mol. The topological polar surface area (TPSA) is 0 Å². The predicted octanol–water partition coefficient (Wildman–Crippen LogP) is 8.27. The third kappa shape index (κ3) is 14.1. The zero-order chi connectivity index (χ0) is 18.8. The Morgan fingerprint density at radius 1 is 0.462 bits per heavy atom. The second-order valence-corrected chi connectivity index (χ2v) is 9.51. The van der Waals surface area contributed by atoms with E-state index in [1.54, 1.807) is 0 Å².